The molecule has 0 spiro atoms. The summed E-state index contributed by atoms with van der Waals surface area (Å²) in [5.74, 6) is 3.31. The van der Waals surface area contributed by atoms with Gasteiger partial charge in [0.15, 0.2) is 5.69 Å². The van der Waals surface area contributed by atoms with Crippen LogP contribution in [0, 0.1) is 6.92 Å². The van der Waals surface area contributed by atoms with E-state index < -0.39 is 0 Å². The number of aromatic nitrogens is 3. The van der Waals surface area contributed by atoms with Crippen LogP contribution in [0.25, 0.3) is 0 Å². The van der Waals surface area contributed by atoms with Gasteiger partial charge in [-0.15, -0.1) is 0 Å². The molecule has 2 aromatic heterocycles. The zero-order chi connectivity index (χ0) is 17.1. The number of aryl methyl sites for hydroxylation is 1. The van der Waals surface area contributed by atoms with Crippen molar-refractivity contribution >= 4 is 17.5 Å². The molecule has 2 heterocycles. The van der Waals surface area contributed by atoms with Crippen molar-refractivity contribution in [1.82, 2.24) is 20.4 Å². The lowest BCUT2D eigenvalue weighted by Gasteiger charge is -2.14. The van der Waals surface area contributed by atoms with E-state index in [9.17, 15) is 4.79 Å². The Kier molecular flexibility index (Phi) is 4.64. The molecule has 1 saturated carbocycles. The van der Waals surface area contributed by atoms with E-state index in [4.69, 9.17) is 4.52 Å². The van der Waals surface area contributed by atoms with Crippen molar-refractivity contribution in [3.8, 4) is 0 Å². The Hall–Kier alpha value is -2.64. The minimum absolute atomic E-state index is 0.222. The summed E-state index contributed by atoms with van der Waals surface area (Å²) in [4.78, 5) is 22.6. The highest BCUT2D eigenvalue weighted by Crippen LogP contribution is 2.40. The van der Waals surface area contributed by atoms with Crippen LogP contribution in [0.1, 0.15) is 40.8 Å². The smallest absolute Gasteiger partial charge is 0.273 e. The molecule has 1 aliphatic carbocycles. The Morgan fingerprint density at radius 3 is 2.79 bits per heavy atom. The molecule has 2 N–H and O–H groups in total. The van der Waals surface area contributed by atoms with Gasteiger partial charge in [-0.25, -0.2) is 9.97 Å². The number of nitrogens with zero attached hydrogens (tertiary/aromatic N) is 4. The summed E-state index contributed by atoms with van der Waals surface area (Å²) in [6.45, 7) is 2.87. The van der Waals surface area contributed by atoms with Gasteiger partial charge < -0.3 is 20.1 Å². The van der Waals surface area contributed by atoms with Gasteiger partial charge in [0.05, 0.1) is 0 Å². The van der Waals surface area contributed by atoms with E-state index in [1.807, 2.05) is 32.0 Å². The van der Waals surface area contributed by atoms with Crippen molar-refractivity contribution in [2.24, 2.45) is 0 Å². The molecule has 0 unspecified atom stereocenters. The first-order valence-corrected chi connectivity index (χ1v) is 8.04. The van der Waals surface area contributed by atoms with Gasteiger partial charge in [0.1, 0.15) is 23.2 Å². The third kappa shape index (κ3) is 4.01. The number of hydrogen-bond donors (Lipinski definition) is 2. The fraction of sp³-hybridized carbons (Fsp3) is 0.500. The number of carbonyl (C=O) groups excluding carboxylic acids is 1. The normalized spacial score (nSPS) is 13.6. The third-order valence-electron chi connectivity index (χ3n) is 3.74. The van der Waals surface area contributed by atoms with Crippen molar-refractivity contribution < 1.29 is 9.32 Å². The van der Waals surface area contributed by atoms with Gasteiger partial charge in [-0.3, -0.25) is 4.79 Å². The number of anilines is 2. The number of hydrogen-bond acceptors (Lipinski definition) is 7. The molecule has 128 valence electrons. The molecule has 8 nitrogen and oxygen atoms in total. The zero-order valence-corrected chi connectivity index (χ0v) is 14.2. The largest absolute Gasteiger partial charge is 0.368 e. The predicted molar refractivity (Wildman–Crippen MR) is 90.4 cm³/mol. The molecule has 24 heavy (non-hydrogen) atoms. The molecule has 1 aliphatic rings. The Bertz CT molecular complexity index is 723. The lowest BCUT2D eigenvalue weighted by Crippen LogP contribution is -2.29. The van der Waals surface area contributed by atoms with E-state index in [0.717, 1.165) is 30.2 Å². The van der Waals surface area contributed by atoms with Crippen molar-refractivity contribution in [3.05, 3.63) is 29.4 Å². The second-order valence-electron chi connectivity index (χ2n) is 6.12. The number of nitrogens with one attached hydrogen (secondary N) is 2. The molecule has 0 aliphatic heterocycles. The van der Waals surface area contributed by atoms with Gasteiger partial charge in [-0.2, -0.15) is 0 Å². The van der Waals surface area contributed by atoms with Crippen molar-refractivity contribution in [1.29, 1.82) is 0 Å². The van der Waals surface area contributed by atoms with Crippen LogP contribution >= 0.6 is 0 Å². The number of rotatable bonds is 7. The first kappa shape index (κ1) is 16.2. The molecule has 1 amide bonds. The molecule has 0 saturated heterocycles. The van der Waals surface area contributed by atoms with Crippen LogP contribution in [0.5, 0.6) is 0 Å². The zero-order valence-electron chi connectivity index (χ0n) is 14.2. The maximum absolute atomic E-state index is 12.0. The van der Waals surface area contributed by atoms with Crippen LogP contribution in [0.4, 0.5) is 11.6 Å². The van der Waals surface area contributed by atoms with Gasteiger partial charge >= 0.3 is 0 Å². The second-order valence-corrected chi connectivity index (χ2v) is 6.12. The summed E-state index contributed by atoms with van der Waals surface area (Å²) in [6.07, 6.45) is 2.24. The predicted octanol–water partition coefficient (Wildman–Crippen LogP) is 1.56. The SMILES string of the molecule is Cc1nc(NCCNC(=O)c2cc(C3CC3)on2)cc(N(C)C)n1. The average Bonchev–Trinajstić information content (AvgIpc) is 3.28. The molecule has 1 fully saturated rings. The van der Waals surface area contributed by atoms with Gasteiger partial charge in [0, 0.05) is 45.2 Å². The Balaban J connectivity index is 1.47. The maximum atomic E-state index is 12.0. The van der Waals surface area contributed by atoms with Crippen LogP contribution < -0.4 is 15.5 Å². The van der Waals surface area contributed by atoms with E-state index in [1.54, 1.807) is 6.07 Å². The molecule has 2 aromatic rings. The molecule has 8 heteroatoms. The average molecular weight is 330 g/mol. The monoisotopic (exact) mass is 330 g/mol. The van der Waals surface area contributed by atoms with E-state index in [1.165, 1.54) is 0 Å². The first-order valence-electron chi connectivity index (χ1n) is 8.04. The summed E-state index contributed by atoms with van der Waals surface area (Å²) in [6, 6.07) is 3.60. The molecular formula is C16H22N6O2. The van der Waals surface area contributed by atoms with Gasteiger partial charge in [0.25, 0.3) is 5.91 Å². The highest BCUT2D eigenvalue weighted by atomic mass is 16.5. The summed E-state index contributed by atoms with van der Waals surface area (Å²) < 4.78 is 5.19. The van der Waals surface area contributed by atoms with E-state index in [2.05, 4.69) is 25.8 Å². The van der Waals surface area contributed by atoms with E-state index in [-0.39, 0.29) is 5.91 Å². The quantitative estimate of drug-likeness (QED) is 0.744. The standard InChI is InChI=1S/C16H22N6O2/c1-10-19-14(9-15(20-10)22(2)3)17-6-7-18-16(23)12-8-13(24-21-12)11-4-5-11/h8-9,11H,4-7H2,1-3H3,(H,18,23)(H,17,19,20). The summed E-state index contributed by atoms with van der Waals surface area (Å²) in [5.41, 5.74) is 0.338. The number of amides is 1. The lowest BCUT2D eigenvalue weighted by atomic mass is 10.3. The van der Waals surface area contributed by atoms with E-state index >= 15 is 0 Å². The minimum atomic E-state index is -0.222. The van der Waals surface area contributed by atoms with Gasteiger partial charge in [-0.05, 0) is 19.8 Å². The van der Waals surface area contributed by atoms with Crippen LogP contribution in [0.3, 0.4) is 0 Å². The third-order valence-corrected chi connectivity index (χ3v) is 3.74. The minimum Gasteiger partial charge on any atom is -0.368 e. The lowest BCUT2D eigenvalue weighted by molar-refractivity contribution is 0.0946. The molecule has 0 bridgehead atoms. The Labute approximate surface area is 140 Å². The first-order chi connectivity index (χ1) is 11.5. The van der Waals surface area contributed by atoms with Crippen LogP contribution in [-0.4, -0.2) is 48.2 Å². The van der Waals surface area contributed by atoms with Crippen molar-refractivity contribution in [3.63, 3.8) is 0 Å². The fourth-order valence-corrected chi connectivity index (χ4v) is 2.29. The van der Waals surface area contributed by atoms with Gasteiger partial charge in [-0.1, -0.05) is 5.16 Å². The Morgan fingerprint density at radius 2 is 2.08 bits per heavy atom. The Morgan fingerprint density at radius 1 is 1.29 bits per heavy atom. The highest BCUT2D eigenvalue weighted by Gasteiger charge is 2.28. The summed E-state index contributed by atoms with van der Waals surface area (Å²) in [5, 5.41) is 9.82. The topological polar surface area (TPSA) is 96.2 Å². The second kappa shape index (κ2) is 6.86. The molecule has 0 atom stereocenters. The molecular weight excluding hydrogens is 308 g/mol. The summed E-state index contributed by atoms with van der Waals surface area (Å²) in [7, 11) is 3.86. The van der Waals surface area contributed by atoms with E-state index in [0.29, 0.717) is 30.5 Å². The van der Waals surface area contributed by atoms with Gasteiger partial charge in [0.2, 0.25) is 0 Å². The summed E-state index contributed by atoms with van der Waals surface area (Å²) >= 11 is 0. The van der Waals surface area contributed by atoms with Crippen LogP contribution in [-0.2, 0) is 0 Å². The highest BCUT2D eigenvalue weighted by molar-refractivity contribution is 5.92. The maximum Gasteiger partial charge on any atom is 0.273 e. The van der Waals surface area contributed by atoms with Crippen LogP contribution in [0.2, 0.25) is 0 Å². The number of carbonyl (C=O) groups is 1. The molecule has 0 radical (unpaired) electrons. The fourth-order valence-electron chi connectivity index (χ4n) is 2.29. The molecule has 0 aromatic carbocycles. The van der Waals surface area contributed by atoms with Crippen molar-refractivity contribution in [2.75, 3.05) is 37.4 Å². The molecule has 3 rings (SSSR count). The van der Waals surface area contributed by atoms with Crippen LogP contribution in [0.15, 0.2) is 16.7 Å². The van der Waals surface area contributed by atoms with Crippen molar-refractivity contribution in [2.45, 2.75) is 25.7 Å².